The van der Waals surface area contributed by atoms with Gasteiger partial charge < -0.3 is 24.1 Å². The predicted molar refractivity (Wildman–Crippen MR) is 105 cm³/mol. The van der Waals surface area contributed by atoms with Gasteiger partial charge >= 0.3 is 0 Å². The third kappa shape index (κ3) is 5.24. The number of halogens is 2. The van der Waals surface area contributed by atoms with E-state index in [1.165, 1.54) is 32.4 Å². The quantitative estimate of drug-likeness (QED) is 0.584. The van der Waals surface area contributed by atoms with Crippen LogP contribution in [-0.4, -0.2) is 31.9 Å². The molecular weight excluding hydrogens is 403 g/mol. The standard InChI is InChI=1S/C20H18ClFN2O5/c1-26-18-9-19(27-2)16(8-15(18)21)23-20(25)11-28-10-14-7-17(29-24-14)12-3-5-13(22)6-4-12/h3-9H,10-11H2,1-2H3,(H,23,25). The summed E-state index contributed by atoms with van der Waals surface area (Å²) in [6.07, 6.45) is 0. The first kappa shape index (κ1) is 20.6. The lowest BCUT2D eigenvalue weighted by Gasteiger charge is -2.13. The van der Waals surface area contributed by atoms with Gasteiger partial charge in [-0.05, 0) is 30.3 Å². The van der Waals surface area contributed by atoms with Gasteiger partial charge in [0, 0.05) is 17.7 Å². The topological polar surface area (TPSA) is 82.8 Å². The normalized spacial score (nSPS) is 10.6. The number of aromatic nitrogens is 1. The summed E-state index contributed by atoms with van der Waals surface area (Å²) in [5, 5.41) is 6.88. The lowest BCUT2D eigenvalue weighted by molar-refractivity contribution is -0.121. The molecule has 9 heteroatoms. The van der Waals surface area contributed by atoms with Crippen molar-refractivity contribution in [1.29, 1.82) is 0 Å². The van der Waals surface area contributed by atoms with Gasteiger partial charge in [-0.15, -0.1) is 0 Å². The molecule has 0 radical (unpaired) electrons. The molecule has 0 unspecified atom stereocenters. The third-order valence-corrected chi connectivity index (χ3v) is 4.21. The molecule has 1 aromatic heterocycles. The summed E-state index contributed by atoms with van der Waals surface area (Å²) in [5.41, 5.74) is 1.58. The summed E-state index contributed by atoms with van der Waals surface area (Å²) in [7, 11) is 2.95. The number of nitrogens with zero attached hydrogens (tertiary/aromatic N) is 1. The Labute approximate surface area is 171 Å². The molecule has 152 valence electrons. The first-order chi connectivity index (χ1) is 14.0. The number of amides is 1. The SMILES string of the molecule is COc1cc(OC)c(NC(=O)COCc2cc(-c3ccc(F)cc3)on2)cc1Cl. The molecule has 3 aromatic rings. The summed E-state index contributed by atoms with van der Waals surface area (Å²) >= 11 is 6.09. The molecule has 3 rings (SSSR count). The van der Waals surface area contributed by atoms with Crippen molar-refractivity contribution in [2.45, 2.75) is 6.61 Å². The molecule has 0 aliphatic heterocycles. The zero-order valence-electron chi connectivity index (χ0n) is 15.7. The lowest BCUT2D eigenvalue weighted by Crippen LogP contribution is -2.18. The maximum Gasteiger partial charge on any atom is 0.250 e. The minimum Gasteiger partial charge on any atom is -0.495 e. The van der Waals surface area contributed by atoms with Crippen LogP contribution in [0.1, 0.15) is 5.69 Å². The number of hydrogen-bond donors (Lipinski definition) is 1. The predicted octanol–water partition coefficient (Wildman–Crippen LogP) is 4.31. The van der Waals surface area contributed by atoms with Crippen molar-refractivity contribution in [3.8, 4) is 22.8 Å². The van der Waals surface area contributed by atoms with Crippen molar-refractivity contribution in [1.82, 2.24) is 5.16 Å². The van der Waals surface area contributed by atoms with Crippen molar-refractivity contribution < 1.29 is 27.9 Å². The zero-order chi connectivity index (χ0) is 20.8. The van der Waals surface area contributed by atoms with Crippen LogP contribution in [0.25, 0.3) is 11.3 Å². The van der Waals surface area contributed by atoms with E-state index in [1.807, 2.05) is 0 Å². The number of rotatable bonds is 8. The summed E-state index contributed by atoms with van der Waals surface area (Å²) in [5.74, 6) is 0.579. The minimum absolute atomic E-state index is 0.0681. The molecule has 0 saturated heterocycles. The second-order valence-corrected chi connectivity index (χ2v) is 6.32. The van der Waals surface area contributed by atoms with Gasteiger partial charge in [0.2, 0.25) is 5.91 Å². The van der Waals surface area contributed by atoms with E-state index < -0.39 is 5.91 Å². The van der Waals surface area contributed by atoms with Crippen molar-refractivity contribution in [3.05, 3.63) is 59.0 Å². The highest BCUT2D eigenvalue weighted by Crippen LogP contribution is 2.35. The Morgan fingerprint density at radius 1 is 1.14 bits per heavy atom. The molecule has 1 amide bonds. The van der Waals surface area contributed by atoms with Gasteiger partial charge in [-0.3, -0.25) is 4.79 Å². The van der Waals surface area contributed by atoms with Gasteiger partial charge in [0.1, 0.15) is 29.6 Å². The van der Waals surface area contributed by atoms with E-state index in [-0.39, 0.29) is 19.0 Å². The number of ether oxygens (including phenoxy) is 3. The summed E-state index contributed by atoms with van der Waals surface area (Å²) in [6.45, 7) is -0.149. The van der Waals surface area contributed by atoms with E-state index in [0.717, 1.165) is 0 Å². The van der Waals surface area contributed by atoms with Gasteiger partial charge in [-0.1, -0.05) is 16.8 Å². The van der Waals surface area contributed by atoms with Crippen molar-refractivity contribution in [2.75, 3.05) is 26.1 Å². The summed E-state index contributed by atoms with van der Waals surface area (Å²) in [6, 6.07) is 10.6. The molecular formula is C20H18ClFN2O5. The highest BCUT2D eigenvalue weighted by molar-refractivity contribution is 6.32. The molecule has 0 atom stereocenters. The van der Waals surface area contributed by atoms with Crippen LogP contribution in [0.2, 0.25) is 5.02 Å². The average molecular weight is 421 g/mol. The summed E-state index contributed by atoms with van der Waals surface area (Å²) in [4.78, 5) is 12.1. The van der Waals surface area contributed by atoms with Gasteiger partial charge in [-0.2, -0.15) is 0 Å². The van der Waals surface area contributed by atoms with Crippen LogP contribution in [0.3, 0.4) is 0 Å². The monoisotopic (exact) mass is 420 g/mol. The molecule has 2 aromatic carbocycles. The first-order valence-corrected chi connectivity index (χ1v) is 8.88. The molecule has 1 heterocycles. The third-order valence-electron chi connectivity index (χ3n) is 3.92. The fraction of sp³-hybridized carbons (Fsp3) is 0.200. The lowest BCUT2D eigenvalue weighted by atomic mass is 10.1. The zero-order valence-corrected chi connectivity index (χ0v) is 16.5. The van der Waals surface area contributed by atoms with E-state index in [1.54, 1.807) is 24.3 Å². The van der Waals surface area contributed by atoms with E-state index >= 15 is 0 Å². The Hall–Kier alpha value is -3.10. The number of methoxy groups -OCH3 is 2. The Morgan fingerprint density at radius 2 is 1.86 bits per heavy atom. The molecule has 0 aliphatic rings. The minimum atomic E-state index is -0.396. The molecule has 7 nitrogen and oxygen atoms in total. The van der Waals surface area contributed by atoms with Gasteiger partial charge in [0.05, 0.1) is 31.5 Å². The maximum absolute atomic E-state index is 13.0. The highest BCUT2D eigenvalue weighted by atomic mass is 35.5. The van der Waals surface area contributed by atoms with Crippen molar-refractivity contribution >= 4 is 23.2 Å². The number of hydrogen-bond acceptors (Lipinski definition) is 6. The Kier molecular flexibility index (Phi) is 6.69. The molecule has 0 fully saturated rings. The molecule has 29 heavy (non-hydrogen) atoms. The van der Waals surface area contributed by atoms with Crippen molar-refractivity contribution in [2.24, 2.45) is 0 Å². The van der Waals surface area contributed by atoms with E-state index in [0.29, 0.717) is 39.2 Å². The van der Waals surface area contributed by atoms with Crippen LogP contribution in [0.4, 0.5) is 10.1 Å². The smallest absolute Gasteiger partial charge is 0.250 e. The van der Waals surface area contributed by atoms with E-state index in [4.69, 9.17) is 30.3 Å². The second-order valence-electron chi connectivity index (χ2n) is 5.92. The van der Waals surface area contributed by atoms with Crippen LogP contribution in [0.5, 0.6) is 11.5 Å². The van der Waals surface area contributed by atoms with Gasteiger partial charge in [0.15, 0.2) is 5.76 Å². The molecule has 1 N–H and O–H groups in total. The average Bonchev–Trinajstić information content (AvgIpc) is 3.17. The molecule has 0 bridgehead atoms. The van der Waals surface area contributed by atoms with Crippen LogP contribution in [0, 0.1) is 5.82 Å². The Balaban J connectivity index is 1.54. The fourth-order valence-corrected chi connectivity index (χ4v) is 2.76. The Morgan fingerprint density at radius 3 is 2.55 bits per heavy atom. The second kappa shape index (κ2) is 9.40. The van der Waals surface area contributed by atoms with E-state index in [2.05, 4.69) is 10.5 Å². The van der Waals surface area contributed by atoms with Crippen LogP contribution in [-0.2, 0) is 16.1 Å². The van der Waals surface area contributed by atoms with Crippen LogP contribution >= 0.6 is 11.6 Å². The molecule has 0 aliphatic carbocycles. The van der Waals surface area contributed by atoms with Crippen molar-refractivity contribution in [3.63, 3.8) is 0 Å². The summed E-state index contributed by atoms with van der Waals surface area (Å²) < 4.78 is 33.9. The fourth-order valence-electron chi connectivity index (χ4n) is 2.52. The number of carbonyl (C=O) groups is 1. The van der Waals surface area contributed by atoms with Gasteiger partial charge in [-0.25, -0.2) is 4.39 Å². The highest BCUT2D eigenvalue weighted by Gasteiger charge is 2.13. The maximum atomic E-state index is 13.0. The number of carbonyl (C=O) groups excluding carboxylic acids is 1. The molecule has 0 spiro atoms. The Bertz CT molecular complexity index is 991. The van der Waals surface area contributed by atoms with Crippen LogP contribution in [0.15, 0.2) is 47.0 Å². The number of nitrogens with one attached hydrogen (secondary N) is 1. The number of benzene rings is 2. The first-order valence-electron chi connectivity index (χ1n) is 8.51. The number of anilines is 1. The van der Waals surface area contributed by atoms with E-state index in [9.17, 15) is 9.18 Å². The largest absolute Gasteiger partial charge is 0.495 e. The molecule has 0 saturated carbocycles. The van der Waals surface area contributed by atoms with Gasteiger partial charge in [0.25, 0.3) is 0 Å². The van der Waals surface area contributed by atoms with Crippen LogP contribution < -0.4 is 14.8 Å².